The molecule has 5 atom stereocenters. The molecule has 222 valence electrons. The van der Waals surface area contributed by atoms with Crippen LogP contribution in [0.4, 0.5) is 10.3 Å². The van der Waals surface area contributed by atoms with E-state index in [-0.39, 0.29) is 23.2 Å². The van der Waals surface area contributed by atoms with Crippen molar-refractivity contribution in [2.75, 3.05) is 26.1 Å². The molecule has 16 heteroatoms. The fourth-order valence-corrected chi connectivity index (χ4v) is 4.71. The molecule has 0 spiro atoms. The average Bonchev–Trinajstić information content (AvgIpc) is 3.36. The number of halogens is 1. The van der Waals surface area contributed by atoms with Gasteiger partial charge in [0.05, 0.1) is 12.7 Å². The predicted octanol–water partition coefficient (Wildman–Crippen LogP) is 0.948. The van der Waals surface area contributed by atoms with Crippen LogP contribution < -0.4 is 20.9 Å². The van der Waals surface area contributed by atoms with Crippen LogP contribution in [0.5, 0.6) is 5.75 Å². The highest BCUT2D eigenvalue weighted by atomic mass is 31.2. The van der Waals surface area contributed by atoms with E-state index in [0.717, 1.165) is 10.9 Å². The molecule has 0 aliphatic heterocycles. The van der Waals surface area contributed by atoms with Crippen molar-refractivity contribution in [1.29, 1.82) is 0 Å². The molecule has 0 aliphatic rings. The first-order valence-corrected chi connectivity index (χ1v) is 13.5. The van der Waals surface area contributed by atoms with Gasteiger partial charge in [-0.3, -0.25) is 19.1 Å². The van der Waals surface area contributed by atoms with Gasteiger partial charge in [0.1, 0.15) is 30.3 Å². The van der Waals surface area contributed by atoms with Crippen LogP contribution in [-0.4, -0.2) is 80.4 Å². The van der Waals surface area contributed by atoms with E-state index in [1.807, 2.05) is 0 Å². The van der Waals surface area contributed by atoms with Gasteiger partial charge in [-0.15, -0.1) is 0 Å². The molecular weight excluding hydrogens is 562 g/mol. The van der Waals surface area contributed by atoms with E-state index < -0.39 is 57.3 Å². The summed E-state index contributed by atoms with van der Waals surface area (Å²) in [5.41, 5.74) is 1.93. The van der Waals surface area contributed by atoms with E-state index >= 15 is 0 Å². The Bertz CT molecular complexity index is 1430. The second kappa shape index (κ2) is 14.3. The monoisotopic (exact) mass is 594 g/mol. The van der Waals surface area contributed by atoms with Gasteiger partial charge in [-0.2, -0.15) is 4.98 Å². The molecule has 1 aromatic carbocycles. The lowest BCUT2D eigenvalue weighted by atomic mass is 10.0. The number of benzene rings is 1. The number of carbonyl (C=O) groups excluding carboxylic acids is 1. The van der Waals surface area contributed by atoms with Crippen molar-refractivity contribution in [3.05, 3.63) is 47.0 Å². The molecule has 3 aromatic rings. The lowest BCUT2D eigenvalue weighted by Gasteiger charge is -2.34. The molecule has 5 unspecified atom stereocenters. The summed E-state index contributed by atoms with van der Waals surface area (Å²) in [4.78, 5) is 34.8. The van der Waals surface area contributed by atoms with Gasteiger partial charge in [-0.25, -0.2) is 14.5 Å². The van der Waals surface area contributed by atoms with Gasteiger partial charge in [0, 0.05) is 7.11 Å². The molecule has 14 nitrogen and oxygen atoms in total. The van der Waals surface area contributed by atoms with Gasteiger partial charge in [0.15, 0.2) is 17.8 Å². The molecule has 0 bridgehead atoms. The quantitative estimate of drug-likeness (QED) is 0.107. The molecule has 41 heavy (non-hydrogen) atoms. The Hall–Kier alpha value is -3.64. The van der Waals surface area contributed by atoms with E-state index in [1.54, 1.807) is 51.1 Å². The number of hydrogen-bond donors (Lipinski definition) is 5. The fourth-order valence-electron chi connectivity index (χ4n) is 3.52. The van der Waals surface area contributed by atoms with E-state index in [1.165, 1.54) is 7.11 Å². The summed E-state index contributed by atoms with van der Waals surface area (Å²) < 4.78 is 36.4. The fraction of sp³-hybridized carbons (Fsp3) is 0.440. The van der Waals surface area contributed by atoms with Crippen molar-refractivity contribution in [3.63, 3.8) is 0 Å². The number of esters is 1. The smallest absolute Gasteiger partial charge is 0.323 e. The first-order valence-electron chi connectivity index (χ1n) is 12.3. The van der Waals surface area contributed by atoms with E-state index in [9.17, 15) is 24.2 Å². The summed E-state index contributed by atoms with van der Waals surface area (Å²) in [6.45, 7) is 3.43. The lowest BCUT2D eigenvalue weighted by Crippen LogP contribution is -2.52. The number of para-hydroxylation sites is 1. The van der Waals surface area contributed by atoms with Crippen LogP contribution in [0.25, 0.3) is 11.2 Å². The molecule has 0 saturated carbocycles. The Kier molecular flexibility index (Phi) is 11.1. The zero-order valence-electron chi connectivity index (χ0n) is 22.8. The van der Waals surface area contributed by atoms with Gasteiger partial charge >= 0.3 is 14.5 Å². The third-order valence-electron chi connectivity index (χ3n) is 5.49. The van der Waals surface area contributed by atoms with Crippen molar-refractivity contribution in [2.45, 2.75) is 50.8 Å². The number of carbonyl (C=O) groups is 1. The maximum absolute atomic E-state index is 13.1. The minimum Gasteiger partial charge on any atom is -0.462 e. The predicted molar refractivity (Wildman–Crippen MR) is 147 cm³/mol. The Labute approximate surface area is 236 Å². The topological polar surface area (TPSA) is 196 Å². The van der Waals surface area contributed by atoms with Crippen molar-refractivity contribution < 1.29 is 37.9 Å². The number of fused-ring (bicyclic) bond motifs is 1. The number of nitrogens with two attached hydrogens (primary N) is 1. The molecule has 6 N–H and O–H groups in total. The number of aliphatic hydroxyl groups is 2. The molecule has 0 aliphatic carbocycles. The normalized spacial score (nSPS) is 15.8. The number of ether oxygens (including phenoxy) is 2. The summed E-state index contributed by atoms with van der Waals surface area (Å²) in [6, 6.07) is 7.79. The second-order valence-corrected chi connectivity index (χ2v) is 10.1. The summed E-state index contributed by atoms with van der Waals surface area (Å²) in [6.07, 6.45) is -2.56. The van der Waals surface area contributed by atoms with Crippen LogP contribution in [0.15, 0.2) is 41.5 Å². The Morgan fingerprint density at radius 3 is 2.66 bits per heavy atom. The van der Waals surface area contributed by atoms with Crippen LogP contribution in [-0.2, 0) is 24.5 Å². The minimum atomic E-state index is -2.59. The SMILES string of the molecule is COC(COP(NC(C)C(=O)OC(C)C)Oc1ccccc1)C(O)C(O)(C#CCF)n1cnc2c(=O)[nH]c(N)nc21. The van der Waals surface area contributed by atoms with Crippen LogP contribution in [0.3, 0.4) is 0 Å². The number of rotatable bonds is 13. The van der Waals surface area contributed by atoms with Gasteiger partial charge < -0.3 is 34.5 Å². The van der Waals surface area contributed by atoms with Gasteiger partial charge in [-0.05, 0) is 38.8 Å². The molecule has 0 amide bonds. The average molecular weight is 595 g/mol. The number of aliphatic hydroxyl groups excluding tert-OH is 1. The van der Waals surface area contributed by atoms with Crippen molar-refractivity contribution in [2.24, 2.45) is 0 Å². The molecule has 0 saturated heterocycles. The van der Waals surface area contributed by atoms with Crippen LogP contribution >= 0.6 is 8.53 Å². The van der Waals surface area contributed by atoms with Crippen LogP contribution in [0.1, 0.15) is 20.8 Å². The highest BCUT2D eigenvalue weighted by Crippen LogP contribution is 2.37. The van der Waals surface area contributed by atoms with Crippen LogP contribution in [0.2, 0.25) is 0 Å². The molecule has 3 rings (SSSR count). The highest BCUT2D eigenvalue weighted by Gasteiger charge is 2.44. The van der Waals surface area contributed by atoms with Crippen molar-refractivity contribution in [1.82, 2.24) is 24.6 Å². The summed E-state index contributed by atoms with van der Waals surface area (Å²) in [7, 11) is -0.799. The number of nitrogens with one attached hydrogen (secondary N) is 2. The third-order valence-corrected chi connectivity index (χ3v) is 6.85. The number of hydrogen-bond acceptors (Lipinski definition) is 12. The van der Waals surface area contributed by atoms with Crippen LogP contribution in [0, 0.1) is 11.8 Å². The Morgan fingerprint density at radius 1 is 1.32 bits per heavy atom. The van der Waals surface area contributed by atoms with Gasteiger partial charge in [0.2, 0.25) is 11.7 Å². The second-order valence-electron chi connectivity index (χ2n) is 8.91. The number of nitrogens with zero attached hydrogens (tertiary/aromatic N) is 3. The standard InChI is InChI=1S/C25H32FN6O8P/c1-15(2)39-23(35)16(3)31-41(40-17-9-6-5-7-10-17)38-13-18(37-4)20(33)25(36,11-8-12-26)32-14-28-19-21(32)29-24(27)30-22(19)34/h5-7,9-10,14-16,18,20,31,33,36H,12-13H2,1-4H3,(H3,27,29,30,34). The third kappa shape index (κ3) is 7.98. The molecule has 2 aromatic heterocycles. The Morgan fingerprint density at radius 2 is 2.02 bits per heavy atom. The van der Waals surface area contributed by atoms with Gasteiger partial charge in [0.25, 0.3) is 5.56 Å². The maximum Gasteiger partial charge on any atom is 0.323 e. The van der Waals surface area contributed by atoms with E-state index in [4.69, 9.17) is 24.3 Å². The first-order chi connectivity index (χ1) is 19.5. The molecular formula is C25H32FN6O8P. The number of anilines is 1. The van der Waals surface area contributed by atoms with Crippen molar-refractivity contribution >= 4 is 31.6 Å². The molecule has 0 fully saturated rings. The molecule has 2 heterocycles. The molecule has 0 radical (unpaired) electrons. The number of aromatic amines is 1. The first kappa shape index (κ1) is 31.9. The Balaban J connectivity index is 1.89. The number of aromatic nitrogens is 4. The number of imidazole rings is 1. The summed E-state index contributed by atoms with van der Waals surface area (Å²) in [5.74, 6) is 3.94. The summed E-state index contributed by atoms with van der Waals surface area (Å²) in [5, 5.41) is 25.8. The highest BCUT2D eigenvalue weighted by molar-refractivity contribution is 7.45. The zero-order chi connectivity index (χ0) is 30.2. The van der Waals surface area contributed by atoms with E-state index in [0.29, 0.717) is 5.75 Å². The lowest BCUT2D eigenvalue weighted by molar-refractivity contribution is -0.151. The minimum absolute atomic E-state index is 0.205. The van der Waals surface area contributed by atoms with E-state index in [2.05, 4.69) is 31.9 Å². The largest absolute Gasteiger partial charge is 0.462 e. The number of H-pyrrole nitrogens is 1. The summed E-state index contributed by atoms with van der Waals surface area (Å²) >= 11 is 0. The zero-order valence-corrected chi connectivity index (χ0v) is 23.7. The number of nitrogen functional groups attached to an aromatic ring is 1. The van der Waals surface area contributed by atoms with Crippen molar-refractivity contribution in [3.8, 4) is 17.6 Å². The number of methoxy groups -OCH3 is 1. The maximum atomic E-state index is 13.1. The van der Waals surface area contributed by atoms with Gasteiger partial charge in [-0.1, -0.05) is 24.1 Å². The number of alkyl halides is 1.